The van der Waals surface area contributed by atoms with Gasteiger partial charge in [-0.15, -0.1) is 0 Å². The molecule has 1 heterocycles. The minimum atomic E-state index is -0.164. The molecule has 0 aliphatic heterocycles. The van der Waals surface area contributed by atoms with Crippen molar-refractivity contribution in [2.75, 3.05) is 23.3 Å². The second-order valence-electron chi connectivity index (χ2n) is 7.47. The van der Waals surface area contributed by atoms with Crippen LogP contribution >= 0.6 is 0 Å². The van der Waals surface area contributed by atoms with Crippen LogP contribution in [0.25, 0.3) is 11.3 Å². The molecule has 0 aliphatic rings. The lowest BCUT2D eigenvalue weighted by Gasteiger charge is -2.22. The van der Waals surface area contributed by atoms with Crippen molar-refractivity contribution < 1.29 is 4.79 Å². The fourth-order valence-electron chi connectivity index (χ4n) is 3.55. The number of benzene rings is 2. The van der Waals surface area contributed by atoms with Gasteiger partial charge in [-0.05, 0) is 57.0 Å². The molecule has 0 radical (unpaired) electrons. The van der Waals surface area contributed by atoms with Crippen LogP contribution in [0.5, 0.6) is 0 Å². The number of amides is 1. The van der Waals surface area contributed by atoms with Crippen molar-refractivity contribution >= 4 is 17.3 Å². The molecule has 0 aliphatic carbocycles. The number of nitrogens with zero attached hydrogens (tertiary/aromatic N) is 3. The predicted octanol–water partition coefficient (Wildman–Crippen LogP) is 4.48. The monoisotopic (exact) mass is 418 g/mol. The van der Waals surface area contributed by atoms with Gasteiger partial charge >= 0.3 is 0 Å². The van der Waals surface area contributed by atoms with Crippen LogP contribution in [-0.4, -0.2) is 28.8 Å². The van der Waals surface area contributed by atoms with E-state index in [0.717, 1.165) is 41.3 Å². The highest BCUT2D eigenvalue weighted by Crippen LogP contribution is 2.23. The molecule has 3 rings (SSSR count). The Balaban J connectivity index is 1.58. The van der Waals surface area contributed by atoms with Gasteiger partial charge in [-0.2, -0.15) is 5.10 Å². The molecule has 2 aromatic carbocycles. The van der Waals surface area contributed by atoms with Crippen LogP contribution in [-0.2, 0) is 11.3 Å². The zero-order valence-electron chi connectivity index (χ0n) is 18.5. The minimum absolute atomic E-state index is 0.0639. The smallest absolute Gasteiger partial charge is 0.266 e. The summed E-state index contributed by atoms with van der Waals surface area (Å²) in [6.45, 7) is 8.55. The first-order valence-corrected chi connectivity index (χ1v) is 10.8. The van der Waals surface area contributed by atoms with E-state index in [2.05, 4.69) is 35.2 Å². The molecule has 0 atom stereocenters. The van der Waals surface area contributed by atoms with E-state index in [0.29, 0.717) is 19.4 Å². The lowest BCUT2D eigenvalue weighted by molar-refractivity contribution is -0.116. The van der Waals surface area contributed by atoms with Gasteiger partial charge < -0.3 is 10.2 Å². The summed E-state index contributed by atoms with van der Waals surface area (Å²) in [7, 11) is 0. The second kappa shape index (κ2) is 10.6. The van der Waals surface area contributed by atoms with Gasteiger partial charge in [0.25, 0.3) is 5.56 Å². The van der Waals surface area contributed by atoms with Crippen molar-refractivity contribution in [3.05, 3.63) is 76.6 Å². The summed E-state index contributed by atoms with van der Waals surface area (Å²) in [6.07, 6.45) is 0.856. The van der Waals surface area contributed by atoms with E-state index < -0.39 is 0 Å². The standard InChI is InChI=1S/C25H30N4O2/c1-4-28(5-2)21-13-14-22(19(3)18-21)26-24(30)12-9-17-29-25(31)16-15-23(27-29)20-10-7-6-8-11-20/h6-8,10-11,13-16,18H,4-5,9,12,17H2,1-3H3,(H,26,30). The zero-order chi connectivity index (χ0) is 22.2. The Morgan fingerprint density at radius 3 is 2.45 bits per heavy atom. The maximum Gasteiger partial charge on any atom is 0.266 e. The van der Waals surface area contributed by atoms with Crippen molar-refractivity contribution in [2.45, 2.75) is 40.2 Å². The van der Waals surface area contributed by atoms with Crippen LogP contribution in [0.3, 0.4) is 0 Å². The fraction of sp³-hybridized carbons (Fsp3) is 0.320. The molecule has 0 bridgehead atoms. The summed E-state index contributed by atoms with van der Waals surface area (Å²) in [5, 5.41) is 7.43. The summed E-state index contributed by atoms with van der Waals surface area (Å²) < 4.78 is 1.43. The molecule has 1 amide bonds. The molecule has 6 heteroatoms. The van der Waals surface area contributed by atoms with Gasteiger partial charge in [0.05, 0.1) is 5.69 Å². The number of nitrogens with one attached hydrogen (secondary N) is 1. The average molecular weight is 419 g/mol. The first-order valence-electron chi connectivity index (χ1n) is 10.8. The van der Waals surface area contributed by atoms with E-state index in [1.54, 1.807) is 6.07 Å². The lowest BCUT2D eigenvalue weighted by atomic mass is 10.1. The number of anilines is 2. The third kappa shape index (κ3) is 5.81. The van der Waals surface area contributed by atoms with Crippen molar-refractivity contribution in [3.63, 3.8) is 0 Å². The number of aryl methyl sites for hydroxylation is 2. The second-order valence-corrected chi connectivity index (χ2v) is 7.47. The largest absolute Gasteiger partial charge is 0.372 e. The highest BCUT2D eigenvalue weighted by molar-refractivity contribution is 5.91. The molecule has 162 valence electrons. The Morgan fingerprint density at radius 2 is 1.77 bits per heavy atom. The van der Waals surface area contributed by atoms with Crippen LogP contribution in [0.1, 0.15) is 32.3 Å². The maximum atomic E-state index is 12.4. The molecule has 3 aromatic rings. The Morgan fingerprint density at radius 1 is 1.03 bits per heavy atom. The molecule has 0 saturated heterocycles. The van der Waals surface area contributed by atoms with Crippen LogP contribution in [0.4, 0.5) is 11.4 Å². The third-order valence-corrected chi connectivity index (χ3v) is 5.32. The van der Waals surface area contributed by atoms with E-state index >= 15 is 0 Å². The zero-order valence-corrected chi connectivity index (χ0v) is 18.5. The summed E-state index contributed by atoms with van der Waals surface area (Å²) in [4.78, 5) is 26.8. The van der Waals surface area contributed by atoms with Crippen molar-refractivity contribution in [2.24, 2.45) is 0 Å². The van der Waals surface area contributed by atoms with Crippen LogP contribution in [0, 0.1) is 6.92 Å². The lowest BCUT2D eigenvalue weighted by Crippen LogP contribution is -2.23. The van der Waals surface area contributed by atoms with Crippen molar-refractivity contribution in [1.29, 1.82) is 0 Å². The van der Waals surface area contributed by atoms with E-state index in [1.165, 1.54) is 10.7 Å². The van der Waals surface area contributed by atoms with E-state index in [4.69, 9.17) is 0 Å². The summed E-state index contributed by atoms with van der Waals surface area (Å²) >= 11 is 0. The Kier molecular flexibility index (Phi) is 7.60. The highest BCUT2D eigenvalue weighted by atomic mass is 16.1. The first kappa shape index (κ1) is 22.3. The Labute approximate surface area is 183 Å². The van der Waals surface area contributed by atoms with Crippen molar-refractivity contribution in [1.82, 2.24) is 9.78 Å². The molecule has 0 spiro atoms. The molecule has 0 saturated carbocycles. The molecule has 1 aromatic heterocycles. The number of aromatic nitrogens is 2. The van der Waals surface area contributed by atoms with Crippen LogP contribution in [0.2, 0.25) is 0 Å². The SMILES string of the molecule is CCN(CC)c1ccc(NC(=O)CCCn2nc(-c3ccccc3)ccc2=O)c(C)c1. The van der Waals surface area contributed by atoms with Gasteiger partial charge in [-0.25, -0.2) is 4.68 Å². The molecule has 1 N–H and O–H groups in total. The van der Waals surface area contributed by atoms with E-state index in [9.17, 15) is 9.59 Å². The fourth-order valence-corrected chi connectivity index (χ4v) is 3.55. The number of carbonyl (C=O) groups is 1. The van der Waals surface area contributed by atoms with Gasteiger partial charge in [-0.1, -0.05) is 30.3 Å². The normalized spacial score (nSPS) is 10.7. The quantitative estimate of drug-likeness (QED) is 0.556. The highest BCUT2D eigenvalue weighted by Gasteiger charge is 2.09. The van der Waals surface area contributed by atoms with Gasteiger partial charge in [0.15, 0.2) is 0 Å². The topological polar surface area (TPSA) is 67.2 Å². The van der Waals surface area contributed by atoms with E-state index in [1.807, 2.05) is 49.4 Å². The van der Waals surface area contributed by atoms with Crippen molar-refractivity contribution in [3.8, 4) is 11.3 Å². The van der Waals surface area contributed by atoms with Gasteiger partial charge in [0.1, 0.15) is 0 Å². The molecule has 31 heavy (non-hydrogen) atoms. The van der Waals surface area contributed by atoms with Gasteiger partial charge in [0.2, 0.25) is 5.91 Å². The summed E-state index contributed by atoms with van der Waals surface area (Å²) in [5.41, 5.74) is 4.55. The van der Waals surface area contributed by atoms with E-state index in [-0.39, 0.29) is 11.5 Å². The first-order chi connectivity index (χ1) is 15.0. The molecule has 0 unspecified atom stereocenters. The molecule has 0 fully saturated rings. The number of rotatable bonds is 9. The number of hydrogen-bond acceptors (Lipinski definition) is 4. The maximum absolute atomic E-state index is 12.4. The summed E-state index contributed by atoms with van der Waals surface area (Å²) in [5.74, 6) is -0.0639. The molecule has 6 nitrogen and oxygen atoms in total. The number of hydrogen-bond donors (Lipinski definition) is 1. The minimum Gasteiger partial charge on any atom is -0.372 e. The molecular formula is C25H30N4O2. The molecular weight excluding hydrogens is 388 g/mol. The third-order valence-electron chi connectivity index (χ3n) is 5.32. The Bertz CT molecular complexity index is 1070. The van der Waals surface area contributed by atoms with Crippen LogP contribution < -0.4 is 15.8 Å². The van der Waals surface area contributed by atoms with Crippen LogP contribution in [0.15, 0.2) is 65.5 Å². The Hall–Kier alpha value is -3.41. The summed E-state index contributed by atoms with van der Waals surface area (Å²) in [6, 6.07) is 19.1. The van der Waals surface area contributed by atoms with Gasteiger partial charge in [0, 0.05) is 49.1 Å². The van der Waals surface area contributed by atoms with Gasteiger partial charge in [-0.3, -0.25) is 9.59 Å². The predicted molar refractivity (Wildman–Crippen MR) is 127 cm³/mol. The average Bonchev–Trinajstić information content (AvgIpc) is 2.78. The number of carbonyl (C=O) groups excluding carboxylic acids is 1.